The van der Waals surface area contributed by atoms with Crippen LogP contribution in [0.25, 0.3) is 0 Å². The van der Waals surface area contributed by atoms with Crippen LogP contribution in [0, 0.1) is 5.92 Å². The topological polar surface area (TPSA) is 47.6 Å². The van der Waals surface area contributed by atoms with Gasteiger partial charge in [0, 0.05) is 6.04 Å². The van der Waals surface area contributed by atoms with Crippen molar-refractivity contribution < 1.29 is 14.0 Å². The van der Waals surface area contributed by atoms with Gasteiger partial charge in [-0.1, -0.05) is 32.9 Å². The molecule has 0 aromatic rings. The van der Waals surface area contributed by atoms with Gasteiger partial charge in [-0.25, -0.2) is 0 Å². The smallest absolute Gasteiger partial charge is 0.322 e. The van der Waals surface area contributed by atoms with E-state index in [1.807, 2.05) is 0 Å². The summed E-state index contributed by atoms with van der Waals surface area (Å²) in [4.78, 5) is 11.7. The Bertz CT molecular complexity index is 428. The number of fused-ring (bicyclic) bond motifs is 1. The van der Waals surface area contributed by atoms with Gasteiger partial charge in [0.05, 0.1) is 13.2 Å². The van der Waals surface area contributed by atoms with Gasteiger partial charge in [0.2, 0.25) is 0 Å². The minimum Gasteiger partial charge on any atom is -0.468 e. The Morgan fingerprint density at radius 3 is 2.48 bits per heavy atom. The van der Waals surface area contributed by atoms with E-state index in [2.05, 4.69) is 51.3 Å². The van der Waals surface area contributed by atoms with Crippen LogP contribution in [0.4, 0.5) is 0 Å². The van der Waals surface area contributed by atoms with E-state index in [0.29, 0.717) is 12.0 Å². The van der Waals surface area contributed by atoms with Crippen LogP contribution in [0.2, 0.25) is 18.1 Å². The van der Waals surface area contributed by atoms with E-state index in [4.69, 9.17) is 9.16 Å². The molecule has 2 rings (SSSR count). The fourth-order valence-electron chi connectivity index (χ4n) is 2.89. The monoisotopic (exact) mass is 311 g/mol. The molecule has 1 aliphatic carbocycles. The summed E-state index contributed by atoms with van der Waals surface area (Å²) in [6.45, 7) is 11.3. The number of hydrogen-bond acceptors (Lipinski definition) is 4. The lowest BCUT2D eigenvalue weighted by atomic mass is 9.89. The van der Waals surface area contributed by atoms with E-state index in [0.717, 1.165) is 12.8 Å². The van der Waals surface area contributed by atoms with Crippen LogP contribution in [-0.2, 0) is 14.0 Å². The highest BCUT2D eigenvalue weighted by atomic mass is 28.4. The second-order valence-electron chi connectivity index (χ2n) is 7.79. The van der Waals surface area contributed by atoms with Gasteiger partial charge in [-0.05, 0) is 36.9 Å². The summed E-state index contributed by atoms with van der Waals surface area (Å²) in [6.07, 6.45) is 6.36. The lowest BCUT2D eigenvalue weighted by molar-refractivity contribution is -0.142. The van der Waals surface area contributed by atoms with E-state index < -0.39 is 8.32 Å². The highest BCUT2D eigenvalue weighted by molar-refractivity contribution is 6.74. The molecule has 21 heavy (non-hydrogen) atoms. The fourth-order valence-corrected chi connectivity index (χ4v) is 4.17. The Morgan fingerprint density at radius 1 is 1.24 bits per heavy atom. The van der Waals surface area contributed by atoms with Crippen molar-refractivity contribution in [2.24, 2.45) is 5.92 Å². The molecule has 1 heterocycles. The molecule has 0 saturated carbocycles. The van der Waals surface area contributed by atoms with Crippen molar-refractivity contribution in [2.45, 2.75) is 69.9 Å². The minimum atomic E-state index is -1.75. The van der Waals surface area contributed by atoms with Crippen LogP contribution in [0.15, 0.2) is 12.2 Å². The molecule has 1 saturated heterocycles. The number of nitrogens with one attached hydrogen (secondary N) is 1. The quantitative estimate of drug-likeness (QED) is 0.494. The summed E-state index contributed by atoms with van der Waals surface area (Å²) in [6, 6.07) is 0.162. The predicted octanol–water partition coefficient (Wildman–Crippen LogP) is 2.86. The minimum absolute atomic E-state index is 0.153. The van der Waals surface area contributed by atoms with Gasteiger partial charge in [-0.15, -0.1) is 0 Å². The van der Waals surface area contributed by atoms with Crippen molar-refractivity contribution in [2.75, 3.05) is 7.11 Å². The van der Waals surface area contributed by atoms with Gasteiger partial charge >= 0.3 is 5.97 Å². The zero-order chi connectivity index (χ0) is 15.8. The van der Waals surface area contributed by atoms with E-state index in [-0.39, 0.29) is 23.2 Å². The first kappa shape index (κ1) is 16.7. The normalized spacial score (nSPS) is 32.9. The number of rotatable bonds is 3. The summed E-state index contributed by atoms with van der Waals surface area (Å²) >= 11 is 0. The van der Waals surface area contributed by atoms with Crippen molar-refractivity contribution >= 4 is 14.3 Å². The number of carbonyl (C=O) groups excluding carboxylic acids is 1. The zero-order valence-corrected chi connectivity index (χ0v) is 15.1. The van der Waals surface area contributed by atoms with Gasteiger partial charge in [0.1, 0.15) is 6.04 Å². The number of methoxy groups -OCH3 is 1. The first-order chi connectivity index (χ1) is 9.64. The molecule has 4 atom stereocenters. The third-order valence-electron chi connectivity index (χ3n) is 5.24. The van der Waals surface area contributed by atoms with Crippen molar-refractivity contribution in [3.8, 4) is 0 Å². The van der Waals surface area contributed by atoms with Gasteiger partial charge in [-0.3, -0.25) is 4.79 Å². The van der Waals surface area contributed by atoms with Crippen LogP contribution in [-0.4, -0.2) is 39.6 Å². The molecule has 1 aliphatic heterocycles. The number of hydrogen-bond donors (Lipinski definition) is 1. The molecule has 2 aliphatic rings. The Hall–Kier alpha value is -0.653. The Kier molecular flexibility index (Phi) is 4.66. The van der Waals surface area contributed by atoms with E-state index >= 15 is 0 Å². The molecule has 1 N–H and O–H groups in total. The summed E-state index contributed by atoms with van der Waals surface area (Å²) < 4.78 is 11.3. The van der Waals surface area contributed by atoms with Crippen molar-refractivity contribution in [1.29, 1.82) is 0 Å². The molecule has 0 bridgehead atoms. The van der Waals surface area contributed by atoms with Crippen LogP contribution in [0.3, 0.4) is 0 Å². The molecule has 0 spiro atoms. The maximum atomic E-state index is 11.7. The lowest BCUT2D eigenvalue weighted by Gasteiger charge is -2.40. The van der Waals surface area contributed by atoms with E-state index in [1.54, 1.807) is 0 Å². The molecule has 1 fully saturated rings. The third kappa shape index (κ3) is 3.58. The number of carbonyl (C=O) groups is 1. The average molecular weight is 311 g/mol. The Labute approximate surface area is 129 Å². The van der Waals surface area contributed by atoms with Crippen LogP contribution >= 0.6 is 0 Å². The molecule has 5 heteroatoms. The number of esters is 1. The summed E-state index contributed by atoms with van der Waals surface area (Å²) in [5.41, 5.74) is 0. The summed E-state index contributed by atoms with van der Waals surface area (Å²) in [7, 11) is -0.303. The molecular formula is C16H29NO3Si. The standard InChI is InChI=1S/C16H29NO3Si/c1-16(2,3)21(5,6)20-12-8-7-11-9-14(15(18)19-4)17-13(11)10-12/h7-8,11-14,17H,9-10H2,1-6H3/t11-,12+,13+,14-/m0/s1. The second kappa shape index (κ2) is 5.86. The maximum absolute atomic E-state index is 11.7. The van der Waals surface area contributed by atoms with E-state index in [9.17, 15) is 4.79 Å². The highest BCUT2D eigenvalue weighted by Gasteiger charge is 2.43. The van der Waals surface area contributed by atoms with Crippen molar-refractivity contribution in [1.82, 2.24) is 5.32 Å². The molecule has 0 unspecified atom stereocenters. The first-order valence-corrected chi connectivity index (χ1v) is 10.7. The summed E-state index contributed by atoms with van der Waals surface area (Å²) in [5, 5.41) is 3.63. The first-order valence-electron chi connectivity index (χ1n) is 7.84. The van der Waals surface area contributed by atoms with Gasteiger partial charge in [0.25, 0.3) is 0 Å². The zero-order valence-electron chi connectivity index (χ0n) is 14.1. The van der Waals surface area contributed by atoms with Crippen molar-refractivity contribution in [3.63, 3.8) is 0 Å². The highest BCUT2D eigenvalue weighted by Crippen LogP contribution is 2.39. The third-order valence-corrected chi connectivity index (χ3v) is 9.74. The molecule has 4 nitrogen and oxygen atoms in total. The lowest BCUT2D eigenvalue weighted by Crippen LogP contribution is -2.46. The predicted molar refractivity (Wildman–Crippen MR) is 86.7 cm³/mol. The second-order valence-corrected chi connectivity index (χ2v) is 12.5. The SMILES string of the molecule is COC(=O)[C@@H]1C[C@@H]2C=C[C@@H](O[Si](C)(C)C(C)(C)C)C[C@H]2N1. The molecule has 0 aromatic carbocycles. The van der Waals surface area contributed by atoms with Crippen LogP contribution in [0.5, 0.6) is 0 Å². The Balaban J connectivity index is 1.98. The Morgan fingerprint density at radius 2 is 1.90 bits per heavy atom. The molecule has 0 radical (unpaired) electrons. The molecular weight excluding hydrogens is 282 g/mol. The van der Waals surface area contributed by atoms with Crippen LogP contribution < -0.4 is 5.32 Å². The van der Waals surface area contributed by atoms with E-state index in [1.165, 1.54) is 7.11 Å². The summed E-state index contributed by atoms with van der Waals surface area (Å²) in [5.74, 6) is 0.271. The van der Waals surface area contributed by atoms with Gasteiger partial charge in [0.15, 0.2) is 8.32 Å². The molecule has 120 valence electrons. The maximum Gasteiger partial charge on any atom is 0.322 e. The fraction of sp³-hybridized carbons (Fsp3) is 0.812. The molecule has 0 aromatic heterocycles. The van der Waals surface area contributed by atoms with Crippen LogP contribution in [0.1, 0.15) is 33.6 Å². The van der Waals surface area contributed by atoms with Gasteiger partial charge < -0.3 is 14.5 Å². The molecule has 0 amide bonds. The van der Waals surface area contributed by atoms with Crippen molar-refractivity contribution in [3.05, 3.63) is 12.2 Å². The number of ether oxygens (including phenoxy) is 1. The van der Waals surface area contributed by atoms with Gasteiger partial charge in [-0.2, -0.15) is 0 Å². The average Bonchev–Trinajstić information content (AvgIpc) is 2.79. The largest absolute Gasteiger partial charge is 0.468 e.